The number of hydrogen-bond acceptors (Lipinski definition) is 4. The summed E-state index contributed by atoms with van der Waals surface area (Å²) in [5.41, 5.74) is 5.04. The molecule has 0 bridgehead atoms. The van der Waals surface area contributed by atoms with Crippen LogP contribution in [0.25, 0.3) is 33.1 Å². The Morgan fingerprint density at radius 3 is 2.83 bits per heavy atom. The summed E-state index contributed by atoms with van der Waals surface area (Å²) in [7, 11) is 1.99. The molecule has 1 N–H and O–H groups in total. The van der Waals surface area contributed by atoms with Gasteiger partial charge in [-0.1, -0.05) is 6.07 Å². The van der Waals surface area contributed by atoms with Crippen molar-refractivity contribution in [3.63, 3.8) is 0 Å². The average molecular weight is 386 g/mol. The zero-order chi connectivity index (χ0) is 20.0. The van der Waals surface area contributed by atoms with E-state index in [0.717, 1.165) is 38.8 Å². The van der Waals surface area contributed by atoms with Gasteiger partial charge in [0.15, 0.2) is 0 Å². The van der Waals surface area contributed by atoms with Gasteiger partial charge in [0.05, 0.1) is 22.9 Å². The molecule has 1 aliphatic heterocycles. The quantitative estimate of drug-likeness (QED) is 0.581. The third kappa shape index (κ3) is 3.20. The van der Waals surface area contributed by atoms with Crippen LogP contribution in [0.5, 0.6) is 5.75 Å². The second kappa shape index (κ2) is 6.88. The Labute approximate surface area is 168 Å². The highest BCUT2D eigenvalue weighted by molar-refractivity contribution is 5.91. The molecule has 1 saturated heterocycles. The SMILES string of the molecule is C[C@@H](Oc1cc(-c2ccc3c(c2)ncn3C)cc2ncccc12)C1CNC(=O)C1. The van der Waals surface area contributed by atoms with Crippen molar-refractivity contribution in [2.24, 2.45) is 13.0 Å². The van der Waals surface area contributed by atoms with Crippen molar-refractivity contribution in [2.75, 3.05) is 6.54 Å². The predicted molar refractivity (Wildman–Crippen MR) is 113 cm³/mol. The molecular weight excluding hydrogens is 364 g/mol. The number of benzene rings is 2. The average Bonchev–Trinajstić information content (AvgIpc) is 3.33. The number of amides is 1. The van der Waals surface area contributed by atoms with E-state index in [1.54, 1.807) is 6.20 Å². The molecular formula is C23H22N4O2. The number of aryl methyl sites for hydroxylation is 1. The van der Waals surface area contributed by atoms with E-state index in [1.165, 1.54) is 0 Å². The largest absolute Gasteiger partial charge is 0.490 e. The molecule has 29 heavy (non-hydrogen) atoms. The van der Waals surface area contributed by atoms with Crippen LogP contribution in [0.3, 0.4) is 0 Å². The minimum absolute atomic E-state index is 0.0779. The fraction of sp³-hybridized carbons (Fsp3) is 0.261. The third-order valence-electron chi connectivity index (χ3n) is 5.73. The molecule has 6 nitrogen and oxygen atoms in total. The zero-order valence-electron chi connectivity index (χ0n) is 16.4. The number of nitrogens with one attached hydrogen (secondary N) is 1. The van der Waals surface area contributed by atoms with Crippen molar-refractivity contribution < 1.29 is 9.53 Å². The molecule has 6 heteroatoms. The predicted octanol–water partition coefficient (Wildman–Crippen LogP) is 3.69. The Morgan fingerprint density at radius 1 is 1.14 bits per heavy atom. The van der Waals surface area contributed by atoms with Gasteiger partial charge in [-0.2, -0.15) is 0 Å². The van der Waals surface area contributed by atoms with Gasteiger partial charge in [0.1, 0.15) is 11.9 Å². The second-order valence-corrected chi connectivity index (χ2v) is 7.69. The van der Waals surface area contributed by atoms with E-state index in [2.05, 4.69) is 45.6 Å². The smallest absolute Gasteiger partial charge is 0.220 e. The lowest BCUT2D eigenvalue weighted by Crippen LogP contribution is -2.25. The van der Waals surface area contributed by atoms with E-state index in [1.807, 2.05) is 37.0 Å². The molecule has 2 atom stereocenters. The van der Waals surface area contributed by atoms with E-state index in [9.17, 15) is 4.79 Å². The van der Waals surface area contributed by atoms with E-state index < -0.39 is 0 Å². The van der Waals surface area contributed by atoms with Gasteiger partial charge in [-0.3, -0.25) is 9.78 Å². The minimum Gasteiger partial charge on any atom is -0.490 e. The summed E-state index contributed by atoms with van der Waals surface area (Å²) in [5.74, 6) is 1.05. The van der Waals surface area contributed by atoms with Crippen molar-refractivity contribution in [1.82, 2.24) is 19.9 Å². The van der Waals surface area contributed by atoms with Gasteiger partial charge in [-0.05, 0) is 54.4 Å². The van der Waals surface area contributed by atoms with Crippen molar-refractivity contribution in [3.8, 4) is 16.9 Å². The number of carbonyl (C=O) groups is 1. The van der Waals surface area contributed by atoms with Crippen LogP contribution in [-0.2, 0) is 11.8 Å². The van der Waals surface area contributed by atoms with Gasteiger partial charge in [-0.15, -0.1) is 0 Å². The van der Waals surface area contributed by atoms with Gasteiger partial charge in [0, 0.05) is 37.5 Å². The summed E-state index contributed by atoms with van der Waals surface area (Å²) in [4.78, 5) is 20.6. The van der Waals surface area contributed by atoms with Crippen LogP contribution >= 0.6 is 0 Å². The molecule has 1 aliphatic rings. The van der Waals surface area contributed by atoms with E-state index in [4.69, 9.17) is 4.74 Å². The molecule has 5 rings (SSSR count). The van der Waals surface area contributed by atoms with Crippen LogP contribution in [-0.4, -0.2) is 33.1 Å². The van der Waals surface area contributed by atoms with Crippen LogP contribution in [0, 0.1) is 5.92 Å². The van der Waals surface area contributed by atoms with Crippen LogP contribution in [0.1, 0.15) is 13.3 Å². The lowest BCUT2D eigenvalue weighted by atomic mass is 10.0. The standard InChI is InChI=1S/C23H22N4O2/c1-14(17-11-23(28)25-12-17)29-22-10-16(9-19-18(22)4-3-7-24-19)15-5-6-21-20(8-15)26-13-27(21)2/h3-10,13-14,17H,11-12H2,1-2H3,(H,25,28)/t14-,17?/m1/s1. The van der Waals surface area contributed by atoms with Crippen LogP contribution in [0.15, 0.2) is 55.0 Å². The molecule has 2 aromatic carbocycles. The van der Waals surface area contributed by atoms with Crippen molar-refractivity contribution >= 4 is 27.8 Å². The molecule has 0 saturated carbocycles. The van der Waals surface area contributed by atoms with E-state index >= 15 is 0 Å². The van der Waals surface area contributed by atoms with Crippen LogP contribution < -0.4 is 10.1 Å². The highest BCUT2D eigenvalue weighted by atomic mass is 16.5. The van der Waals surface area contributed by atoms with Crippen LogP contribution in [0.4, 0.5) is 0 Å². The summed E-state index contributed by atoms with van der Waals surface area (Å²) >= 11 is 0. The molecule has 0 spiro atoms. The van der Waals surface area contributed by atoms with Crippen LogP contribution in [0.2, 0.25) is 0 Å². The second-order valence-electron chi connectivity index (χ2n) is 7.69. The summed E-state index contributed by atoms with van der Waals surface area (Å²) in [5, 5.41) is 3.86. The monoisotopic (exact) mass is 386 g/mol. The van der Waals surface area contributed by atoms with Gasteiger partial charge in [-0.25, -0.2) is 4.98 Å². The minimum atomic E-state index is -0.0779. The zero-order valence-corrected chi connectivity index (χ0v) is 16.4. The first kappa shape index (κ1) is 17.7. The first-order valence-corrected chi connectivity index (χ1v) is 9.82. The lowest BCUT2D eigenvalue weighted by Gasteiger charge is -2.21. The molecule has 3 heterocycles. The number of aromatic nitrogens is 3. The Bertz CT molecular complexity index is 1230. The third-order valence-corrected chi connectivity index (χ3v) is 5.73. The topological polar surface area (TPSA) is 69.0 Å². The molecule has 1 unspecified atom stereocenters. The highest BCUT2D eigenvalue weighted by Crippen LogP contribution is 2.34. The molecule has 1 amide bonds. The maximum Gasteiger partial charge on any atom is 0.220 e. The number of fused-ring (bicyclic) bond motifs is 2. The van der Waals surface area contributed by atoms with Gasteiger partial charge < -0.3 is 14.6 Å². The van der Waals surface area contributed by atoms with Crippen molar-refractivity contribution in [2.45, 2.75) is 19.4 Å². The highest BCUT2D eigenvalue weighted by Gasteiger charge is 2.28. The molecule has 4 aromatic rings. The lowest BCUT2D eigenvalue weighted by molar-refractivity contribution is -0.119. The maximum atomic E-state index is 11.6. The molecule has 0 aliphatic carbocycles. The Balaban J connectivity index is 1.56. The number of nitrogens with zero attached hydrogens (tertiary/aromatic N) is 3. The fourth-order valence-electron chi connectivity index (χ4n) is 3.98. The number of pyridine rings is 1. The van der Waals surface area contributed by atoms with E-state index in [-0.39, 0.29) is 17.9 Å². The number of carbonyl (C=O) groups excluding carboxylic acids is 1. The summed E-state index contributed by atoms with van der Waals surface area (Å²) < 4.78 is 8.37. The van der Waals surface area contributed by atoms with Crippen molar-refractivity contribution in [1.29, 1.82) is 0 Å². The van der Waals surface area contributed by atoms with Crippen molar-refractivity contribution in [3.05, 3.63) is 55.0 Å². The number of imidazole rings is 1. The fourth-order valence-corrected chi connectivity index (χ4v) is 3.98. The summed E-state index contributed by atoms with van der Waals surface area (Å²) in [6, 6.07) is 14.4. The van der Waals surface area contributed by atoms with E-state index in [0.29, 0.717) is 13.0 Å². The molecule has 2 aromatic heterocycles. The first-order chi connectivity index (χ1) is 14.1. The molecule has 0 radical (unpaired) electrons. The number of ether oxygens (including phenoxy) is 1. The maximum absolute atomic E-state index is 11.6. The van der Waals surface area contributed by atoms with Gasteiger partial charge in [0.25, 0.3) is 0 Å². The molecule has 146 valence electrons. The Hall–Kier alpha value is -3.41. The Kier molecular flexibility index (Phi) is 4.19. The van der Waals surface area contributed by atoms with Gasteiger partial charge in [0.2, 0.25) is 5.91 Å². The normalized spacial score (nSPS) is 17.6. The molecule has 1 fully saturated rings. The number of rotatable bonds is 4. The summed E-state index contributed by atoms with van der Waals surface area (Å²) in [6.45, 7) is 2.69. The first-order valence-electron chi connectivity index (χ1n) is 9.82. The summed E-state index contributed by atoms with van der Waals surface area (Å²) in [6.07, 6.45) is 4.04. The Morgan fingerprint density at radius 2 is 2.00 bits per heavy atom. The van der Waals surface area contributed by atoms with Gasteiger partial charge >= 0.3 is 0 Å². The number of hydrogen-bond donors (Lipinski definition) is 1.